The summed E-state index contributed by atoms with van der Waals surface area (Å²) in [6, 6.07) is 4.59. The molecule has 1 aromatic rings. The molecule has 0 heterocycles. The fourth-order valence-electron chi connectivity index (χ4n) is 0.825. The first kappa shape index (κ1) is 10.7. The van der Waals surface area contributed by atoms with Crippen molar-refractivity contribution in [3.63, 3.8) is 0 Å². The van der Waals surface area contributed by atoms with Gasteiger partial charge in [0.05, 0.1) is 5.02 Å². The second-order valence-electron chi connectivity index (χ2n) is 2.41. The van der Waals surface area contributed by atoms with Crippen molar-refractivity contribution in [3.8, 4) is 0 Å². The molecule has 0 bridgehead atoms. The van der Waals surface area contributed by atoms with Gasteiger partial charge >= 0.3 is 5.97 Å². The number of carboxylic acids is 1. The minimum Gasteiger partial charge on any atom is -0.479 e. The molecule has 0 aromatic heterocycles. The molecule has 3 nitrogen and oxygen atoms in total. The van der Waals surface area contributed by atoms with E-state index in [1.807, 2.05) is 22.6 Å². The molecule has 0 saturated carbocycles. The van der Waals surface area contributed by atoms with Gasteiger partial charge in [-0.25, -0.2) is 4.79 Å². The van der Waals surface area contributed by atoms with E-state index in [-0.39, 0.29) is 0 Å². The second-order valence-corrected chi connectivity index (χ2v) is 3.98. The van der Waals surface area contributed by atoms with Gasteiger partial charge in [-0.3, -0.25) is 0 Å². The fourth-order valence-corrected chi connectivity index (χ4v) is 1.48. The molecule has 0 radical (unpaired) electrons. The summed E-state index contributed by atoms with van der Waals surface area (Å²) in [5.41, 5.74) is 0.335. The van der Waals surface area contributed by atoms with Crippen molar-refractivity contribution in [3.05, 3.63) is 32.4 Å². The van der Waals surface area contributed by atoms with Crippen molar-refractivity contribution >= 4 is 40.2 Å². The Balaban J connectivity index is 3.03. The fraction of sp³-hybridized carbons (Fsp3) is 0.125. The summed E-state index contributed by atoms with van der Waals surface area (Å²) in [6.07, 6.45) is -1.48. The highest BCUT2D eigenvalue weighted by Crippen LogP contribution is 2.22. The highest BCUT2D eigenvalue weighted by Gasteiger charge is 2.16. The molecule has 1 unspecified atom stereocenters. The van der Waals surface area contributed by atoms with Gasteiger partial charge in [0.15, 0.2) is 6.10 Å². The van der Waals surface area contributed by atoms with Crippen LogP contribution >= 0.6 is 34.2 Å². The minimum atomic E-state index is -1.48. The van der Waals surface area contributed by atoms with Gasteiger partial charge in [-0.05, 0) is 40.3 Å². The van der Waals surface area contributed by atoms with Gasteiger partial charge < -0.3 is 10.2 Å². The van der Waals surface area contributed by atoms with Gasteiger partial charge in [0, 0.05) is 3.57 Å². The Morgan fingerprint density at radius 1 is 1.54 bits per heavy atom. The molecular weight excluding hydrogens is 306 g/mol. The molecule has 13 heavy (non-hydrogen) atoms. The number of carbonyl (C=O) groups is 1. The maximum atomic E-state index is 10.4. The van der Waals surface area contributed by atoms with Crippen LogP contribution < -0.4 is 0 Å². The van der Waals surface area contributed by atoms with Crippen LogP contribution in [-0.2, 0) is 4.79 Å². The van der Waals surface area contributed by atoms with Crippen molar-refractivity contribution in [2.75, 3.05) is 0 Å². The van der Waals surface area contributed by atoms with Crippen LogP contribution in [0, 0.1) is 3.57 Å². The van der Waals surface area contributed by atoms with Crippen LogP contribution in [0.4, 0.5) is 0 Å². The predicted molar refractivity (Wildman–Crippen MR) is 56.8 cm³/mol. The number of aliphatic carboxylic acids is 1. The normalized spacial score (nSPS) is 12.5. The SMILES string of the molecule is O=C(O)C(O)c1ccc(Cl)c(I)c1. The number of hydrogen-bond acceptors (Lipinski definition) is 2. The number of carboxylic acid groups (broad SMARTS) is 1. The van der Waals surface area contributed by atoms with Crippen LogP contribution in [0.5, 0.6) is 0 Å². The molecule has 0 amide bonds. The summed E-state index contributed by atoms with van der Waals surface area (Å²) in [5, 5.41) is 18.2. The summed E-state index contributed by atoms with van der Waals surface area (Å²) in [6.45, 7) is 0. The number of rotatable bonds is 2. The van der Waals surface area contributed by atoms with Crippen LogP contribution in [-0.4, -0.2) is 16.2 Å². The van der Waals surface area contributed by atoms with E-state index < -0.39 is 12.1 Å². The Kier molecular flexibility index (Phi) is 3.52. The maximum absolute atomic E-state index is 10.4. The summed E-state index contributed by atoms with van der Waals surface area (Å²) < 4.78 is 0.720. The first-order chi connectivity index (χ1) is 6.02. The third-order valence-corrected chi connectivity index (χ3v) is 3.03. The van der Waals surface area contributed by atoms with E-state index in [4.69, 9.17) is 21.8 Å². The molecule has 0 aliphatic carbocycles. The largest absolute Gasteiger partial charge is 0.479 e. The highest BCUT2D eigenvalue weighted by atomic mass is 127. The molecule has 1 aromatic carbocycles. The lowest BCUT2D eigenvalue weighted by Crippen LogP contribution is -2.10. The summed E-state index contributed by atoms with van der Waals surface area (Å²) in [7, 11) is 0. The standard InChI is InChI=1S/C8H6ClIO3/c9-5-2-1-4(3-6(5)10)7(11)8(12)13/h1-3,7,11H,(H,12,13). The van der Waals surface area contributed by atoms with Crippen LogP contribution in [0.2, 0.25) is 5.02 Å². The number of halogens is 2. The number of aliphatic hydroxyl groups is 1. The summed E-state index contributed by atoms with van der Waals surface area (Å²) in [5.74, 6) is -1.27. The topological polar surface area (TPSA) is 57.5 Å². The highest BCUT2D eigenvalue weighted by molar-refractivity contribution is 14.1. The molecule has 2 N–H and O–H groups in total. The van der Waals surface area contributed by atoms with Crippen LogP contribution in [0.1, 0.15) is 11.7 Å². The zero-order valence-electron chi connectivity index (χ0n) is 6.37. The Hall–Kier alpha value is -0.330. The van der Waals surface area contributed by atoms with Gasteiger partial charge in [0.1, 0.15) is 0 Å². The number of hydrogen-bond donors (Lipinski definition) is 2. The molecule has 1 atom stereocenters. The zero-order valence-corrected chi connectivity index (χ0v) is 9.28. The Labute approximate surface area is 93.5 Å². The van der Waals surface area contributed by atoms with Crippen molar-refractivity contribution in [1.29, 1.82) is 0 Å². The molecule has 70 valence electrons. The van der Waals surface area contributed by atoms with Crippen molar-refractivity contribution < 1.29 is 15.0 Å². The van der Waals surface area contributed by atoms with E-state index in [1.165, 1.54) is 6.07 Å². The zero-order chi connectivity index (χ0) is 10.0. The van der Waals surface area contributed by atoms with Crippen LogP contribution in [0.15, 0.2) is 18.2 Å². The van der Waals surface area contributed by atoms with Gasteiger partial charge in [-0.2, -0.15) is 0 Å². The Morgan fingerprint density at radius 2 is 2.15 bits per heavy atom. The van der Waals surface area contributed by atoms with Gasteiger partial charge in [-0.1, -0.05) is 17.7 Å². The van der Waals surface area contributed by atoms with E-state index in [2.05, 4.69) is 0 Å². The molecule has 0 saturated heterocycles. The molecule has 0 fully saturated rings. The smallest absolute Gasteiger partial charge is 0.337 e. The second kappa shape index (κ2) is 4.26. The predicted octanol–water partition coefficient (Wildman–Crippen LogP) is 2.06. The molecule has 0 aliphatic heterocycles. The van der Waals surface area contributed by atoms with Crippen molar-refractivity contribution in [2.45, 2.75) is 6.10 Å². The Morgan fingerprint density at radius 3 is 2.62 bits per heavy atom. The first-order valence-electron chi connectivity index (χ1n) is 3.38. The minimum absolute atomic E-state index is 0.335. The molecule has 5 heteroatoms. The van der Waals surface area contributed by atoms with E-state index in [0.29, 0.717) is 10.6 Å². The third kappa shape index (κ3) is 2.55. The molecule has 0 spiro atoms. The monoisotopic (exact) mass is 312 g/mol. The average molecular weight is 312 g/mol. The van der Waals surface area contributed by atoms with Gasteiger partial charge in [-0.15, -0.1) is 0 Å². The Bertz CT molecular complexity index is 340. The lowest BCUT2D eigenvalue weighted by Gasteiger charge is -2.06. The van der Waals surface area contributed by atoms with Gasteiger partial charge in [0.2, 0.25) is 0 Å². The van der Waals surface area contributed by atoms with Crippen molar-refractivity contribution in [2.24, 2.45) is 0 Å². The lowest BCUT2D eigenvalue weighted by atomic mass is 10.1. The molecule has 1 rings (SSSR count). The summed E-state index contributed by atoms with van der Waals surface area (Å²) >= 11 is 7.70. The molecule has 0 aliphatic rings. The van der Waals surface area contributed by atoms with E-state index in [9.17, 15) is 4.79 Å². The van der Waals surface area contributed by atoms with E-state index >= 15 is 0 Å². The average Bonchev–Trinajstić information content (AvgIpc) is 2.08. The maximum Gasteiger partial charge on any atom is 0.337 e. The van der Waals surface area contributed by atoms with E-state index in [1.54, 1.807) is 12.1 Å². The first-order valence-corrected chi connectivity index (χ1v) is 4.84. The van der Waals surface area contributed by atoms with E-state index in [0.717, 1.165) is 3.57 Å². The number of benzene rings is 1. The quantitative estimate of drug-likeness (QED) is 0.822. The van der Waals surface area contributed by atoms with Crippen LogP contribution in [0.3, 0.4) is 0 Å². The van der Waals surface area contributed by atoms with Crippen molar-refractivity contribution in [1.82, 2.24) is 0 Å². The third-order valence-electron chi connectivity index (χ3n) is 1.49. The summed E-state index contributed by atoms with van der Waals surface area (Å²) in [4.78, 5) is 10.4. The van der Waals surface area contributed by atoms with Crippen LogP contribution in [0.25, 0.3) is 0 Å². The lowest BCUT2D eigenvalue weighted by molar-refractivity contribution is -0.146. The van der Waals surface area contributed by atoms with Gasteiger partial charge in [0.25, 0.3) is 0 Å². The number of aliphatic hydroxyl groups excluding tert-OH is 1. The molecular formula is C8H6ClIO3.